The average molecular weight is 994 g/mol. The summed E-state index contributed by atoms with van der Waals surface area (Å²) in [7, 11) is 0. The third-order valence-electron chi connectivity index (χ3n) is 14.7. The zero-order chi connectivity index (χ0) is 52.0. The quantitative estimate of drug-likeness (QED) is 0.122. The van der Waals surface area contributed by atoms with Gasteiger partial charge in [-0.25, -0.2) is 0 Å². The second kappa shape index (κ2) is 21.5. The van der Waals surface area contributed by atoms with E-state index in [1.807, 2.05) is 30.7 Å². The van der Waals surface area contributed by atoms with E-state index in [1.54, 1.807) is 0 Å². The summed E-state index contributed by atoms with van der Waals surface area (Å²) in [5.74, 6) is 0. The Morgan fingerprint density at radius 2 is 0.487 bits per heavy atom. The van der Waals surface area contributed by atoms with Gasteiger partial charge in [-0.1, -0.05) is 231 Å². The first-order valence-electron chi connectivity index (χ1n) is 26.5. The van der Waals surface area contributed by atoms with Crippen molar-refractivity contribution in [1.82, 2.24) is 15.0 Å². The van der Waals surface area contributed by atoms with Gasteiger partial charge in [0.25, 0.3) is 0 Å². The van der Waals surface area contributed by atoms with Gasteiger partial charge in [0.1, 0.15) is 0 Å². The maximum Gasteiger partial charge on any atom is 0.0702 e. The number of pyridine rings is 3. The number of hydrogen-bond donors (Lipinski definition) is 0. The normalized spacial score (nSPS) is 11.1. The minimum Gasteiger partial charge on any atom is -0.256 e. The molecule has 3 aromatic heterocycles. The number of hydrogen-bond acceptors (Lipinski definition) is 3. The Morgan fingerprint density at radius 1 is 0.154 bits per heavy atom. The molecule has 0 aliphatic heterocycles. The van der Waals surface area contributed by atoms with Crippen LogP contribution in [0, 0.1) is 0 Å². The molecule has 0 saturated carbocycles. The predicted molar refractivity (Wildman–Crippen MR) is 325 cm³/mol. The number of nitrogens with zero attached hydrogens (tertiary/aromatic N) is 3. The Hall–Kier alpha value is -10.4. The van der Waals surface area contributed by atoms with E-state index < -0.39 is 0 Å². The molecule has 0 bridgehead atoms. The van der Waals surface area contributed by atoms with Crippen LogP contribution in [0.1, 0.15) is 0 Å². The Morgan fingerprint density at radius 3 is 0.936 bits per heavy atom. The van der Waals surface area contributed by atoms with Crippen molar-refractivity contribution in [3.05, 3.63) is 310 Å². The van der Waals surface area contributed by atoms with E-state index >= 15 is 0 Å². The van der Waals surface area contributed by atoms with Crippen molar-refractivity contribution in [3.63, 3.8) is 0 Å². The van der Waals surface area contributed by atoms with E-state index in [0.717, 1.165) is 112 Å². The highest BCUT2D eigenvalue weighted by atomic mass is 14.7. The largest absolute Gasteiger partial charge is 0.256 e. The standard InChI is InChI=1S/C75H51N3/c1-4-20-52(21-5-1)55-26-18-28-57(44-55)74-41-38-60(50-77-74)65-30-10-12-32-67(65)62-46-63(68-33-13-11-31-66(68)61-39-42-75(78-51-61)58-29-19-27-56(45-58)53-22-6-2-7-23-53)48-64(47-62)69-34-14-15-35-70(69)71-40-37-59(73-36-16-17-43-76-73)49-72(71)54-24-8-3-9-25-54/h1-51H. The van der Waals surface area contributed by atoms with Gasteiger partial charge in [0.2, 0.25) is 0 Å². The zero-order valence-corrected chi connectivity index (χ0v) is 42.8. The smallest absolute Gasteiger partial charge is 0.0702 e. The first-order valence-corrected chi connectivity index (χ1v) is 26.5. The molecule has 13 aromatic rings. The van der Waals surface area contributed by atoms with E-state index in [2.05, 4.69) is 279 Å². The fourth-order valence-corrected chi connectivity index (χ4v) is 10.8. The van der Waals surface area contributed by atoms with Gasteiger partial charge in [-0.05, 0) is 150 Å². The third kappa shape index (κ3) is 9.76. The topological polar surface area (TPSA) is 38.7 Å². The van der Waals surface area contributed by atoms with Gasteiger partial charge in [0.05, 0.1) is 17.1 Å². The molecule has 0 fully saturated rings. The SMILES string of the molecule is c1ccc(-c2cccc(-c3ccc(-c4ccccc4-c4cc(-c5ccccc5-c5ccc(-c6cccc(-c7ccccc7)c6)nc5)cc(-c5ccccc5-c5ccc(-c6ccccn6)cc5-c5ccccc5)c4)cn3)c2)cc1. The van der Waals surface area contributed by atoms with E-state index in [9.17, 15) is 0 Å². The molecule has 0 aliphatic carbocycles. The lowest BCUT2D eigenvalue weighted by Gasteiger charge is -2.19. The molecule has 0 unspecified atom stereocenters. The highest BCUT2D eigenvalue weighted by Crippen LogP contribution is 2.45. The molecular formula is C75H51N3. The summed E-state index contributed by atoms with van der Waals surface area (Å²) < 4.78 is 0. The van der Waals surface area contributed by atoms with Crippen molar-refractivity contribution in [3.8, 4) is 134 Å². The number of aromatic nitrogens is 3. The molecule has 0 radical (unpaired) electrons. The molecule has 0 spiro atoms. The second-order valence-corrected chi connectivity index (χ2v) is 19.5. The van der Waals surface area contributed by atoms with Gasteiger partial charge in [-0.15, -0.1) is 0 Å². The van der Waals surface area contributed by atoms with Crippen molar-refractivity contribution in [1.29, 1.82) is 0 Å². The third-order valence-corrected chi connectivity index (χ3v) is 14.7. The fraction of sp³-hybridized carbons (Fsp3) is 0. The van der Waals surface area contributed by atoms with Crippen LogP contribution in [0.4, 0.5) is 0 Å². The molecule has 3 heterocycles. The fourth-order valence-electron chi connectivity index (χ4n) is 10.8. The summed E-state index contributed by atoms with van der Waals surface area (Å²) in [6.07, 6.45) is 5.90. The Kier molecular flexibility index (Phi) is 13.0. The van der Waals surface area contributed by atoms with Crippen molar-refractivity contribution < 1.29 is 0 Å². The van der Waals surface area contributed by atoms with Crippen LogP contribution in [0.2, 0.25) is 0 Å². The van der Waals surface area contributed by atoms with Crippen LogP contribution in [-0.2, 0) is 0 Å². The molecule has 3 heteroatoms. The molecular weight excluding hydrogens is 943 g/mol. The van der Waals surface area contributed by atoms with Gasteiger partial charge in [0, 0.05) is 46.4 Å². The summed E-state index contributed by atoms with van der Waals surface area (Å²) in [4.78, 5) is 15.0. The highest BCUT2D eigenvalue weighted by molar-refractivity contribution is 5.97. The maximum absolute atomic E-state index is 5.11. The van der Waals surface area contributed by atoms with Gasteiger partial charge in [0.15, 0.2) is 0 Å². The molecule has 13 rings (SSSR count). The van der Waals surface area contributed by atoms with Crippen molar-refractivity contribution in [2.45, 2.75) is 0 Å². The monoisotopic (exact) mass is 993 g/mol. The van der Waals surface area contributed by atoms with Gasteiger partial charge >= 0.3 is 0 Å². The lowest BCUT2D eigenvalue weighted by atomic mass is 9.85. The summed E-state index contributed by atoms with van der Waals surface area (Å²) in [6.45, 7) is 0. The van der Waals surface area contributed by atoms with E-state index in [0.29, 0.717) is 0 Å². The molecule has 366 valence electrons. The van der Waals surface area contributed by atoms with E-state index in [-0.39, 0.29) is 0 Å². The van der Waals surface area contributed by atoms with Crippen molar-refractivity contribution in [2.75, 3.05) is 0 Å². The van der Waals surface area contributed by atoms with Gasteiger partial charge < -0.3 is 0 Å². The molecule has 0 aliphatic rings. The van der Waals surface area contributed by atoms with E-state index in [4.69, 9.17) is 15.0 Å². The molecule has 0 amide bonds. The summed E-state index contributed by atoms with van der Waals surface area (Å²) in [5.41, 5.74) is 26.2. The van der Waals surface area contributed by atoms with Gasteiger partial charge in [-0.3, -0.25) is 15.0 Å². The average Bonchev–Trinajstić information content (AvgIpc) is 3.60. The van der Waals surface area contributed by atoms with Crippen molar-refractivity contribution in [2.24, 2.45) is 0 Å². The molecule has 78 heavy (non-hydrogen) atoms. The van der Waals surface area contributed by atoms with E-state index in [1.165, 1.54) is 22.3 Å². The lowest BCUT2D eigenvalue weighted by molar-refractivity contribution is 1.32. The van der Waals surface area contributed by atoms with Crippen LogP contribution in [-0.4, -0.2) is 15.0 Å². The van der Waals surface area contributed by atoms with Crippen molar-refractivity contribution >= 4 is 0 Å². The minimum atomic E-state index is 0.928. The minimum absolute atomic E-state index is 0.928. The van der Waals surface area contributed by atoms with Crippen LogP contribution >= 0.6 is 0 Å². The molecule has 0 atom stereocenters. The second-order valence-electron chi connectivity index (χ2n) is 19.5. The maximum atomic E-state index is 5.11. The number of rotatable bonds is 12. The van der Waals surface area contributed by atoms with Gasteiger partial charge in [-0.2, -0.15) is 0 Å². The first kappa shape index (κ1) is 47.4. The lowest BCUT2D eigenvalue weighted by Crippen LogP contribution is -1.94. The van der Waals surface area contributed by atoms with Crippen LogP contribution in [0.15, 0.2) is 310 Å². The predicted octanol–water partition coefficient (Wildman–Crippen LogP) is 19.9. The summed E-state index contributed by atoms with van der Waals surface area (Å²) in [5, 5.41) is 0. The van der Waals surface area contributed by atoms with Crippen LogP contribution < -0.4 is 0 Å². The molecule has 0 N–H and O–H groups in total. The Balaban J connectivity index is 0.945. The van der Waals surface area contributed by atoms with Crippen LogP contribution in [0.5, 0.6) is 0 Å². The first-order chi connectivity index (χ1) is 38.7. The molecule has 3 nitrogen and oxygen atoms in total. The molecule has 0 saturated heterocycles. The Labute approximate surface area is 456 Å². The van der Waals surface area contributed by atoms with Crippen LogP contribution in [0.3, 0.4) is 0 Å². The zero-order valence-electron chi connectivity index (χ0n) is 42.8. The molecule has 10 aromatic carbocycles. The summed E-state index contributed by atoms with van der Waals surface area (Å²) >= 11 is 0. The number of benzene rings is 10. The highest BCUT2D eigenvalue weighted by Gasteiger charge is 2.19. The Bertz CT molecular complexity index is 4020. The van der Waals surface area contributed by atoms with Crippen LogP contribution in [0.25, 0.3) is 134 Å². The summed E-state index contributed by atoms with van der Waals surface area (Å²) in [6, 6.07) is 104.